The van der Waals surface area contributed by atoms with Crippen molar-refractivity contribution in [2.24, 2.45) is 5.92 Å². The Morgan fingerprint density at radius 2 is 2.22 bits per heavy atom. The van der Waals surface area contributed by atoms with Gasteiger partial charge in [-0.25, -0.2) is 4.39 Å². The van der Waals surface area contributed by atoms with Crippen LogP contribution in [0.4, 0.5) is 4.39 Å². The Bertz CT molecular complexity index is 548. The second-order valence-corrected chi connectivity index (χ2v) is 6.25. The molecule has 0 unspecified atom stereocenters. The first-order chi connectivity index (χ1) is 11.0. The summed E-state index contributed by atoms with van der Waals surface area (Å²) in [6.45, 7) is 3.43. The predicted molar refractivity (Wildman–Crippen MR) is 87.3 cm³/mol. The van der Waals surface area contributed by atoms with E-state index in [-0.39, 0.29) is 17.6 Å². The average molecular weight is 320 g/mol. The number of carbonyl (C=O) groups excluding carboxylic acids is 2. The van der Waals surface area contributed by atoms with Gasteiger partial charge in [0.25, 0.3) is 0 Å². The van der Waals surface area contributed by atoms with Crippen molar-refractivity contribution in [3.63, 3.8) is 0 Å². The smallest absolute Gasteiger partial charge is 0.224 e. The second-order valence-electron chi connectivity index (χ2n) is 6.25. The molecule has 1 heterocycles. The summed E-state index contributed by atoms with van der Waals surface area (Å²) in [5.41, 5.74) is 1.01. The lowest BCUT2D eigenvalue weighted by molar-refractivity contribution is -0.133. The highest BCUT2D eigenvalue weighted by Crippen LogP contribution is 2.22. The van der Waals surface area contributed by atoms with Crippen molar-refractivity contribution in [3.8, 4) is 0 Å². The molecular formula is C18H25FN2O2. The van der Waals surface area contributed by atoms with Crippen molar-refractivity contribution in [3.05, 3.63) is 35.6 Å². The zero-order valence-corrected chi connectivity index (χ0v) is 13.7. The predicted octanol–water partition coefficient (Wildman–Crippen LogP) is 2.52. The van der Waals surface area contributed by atoms with E-state index in [4.69, 9.17) is 0 Å². The minimum atomic E-state index is -0.194. The van der Waals surface area contributed by atoms with E-state index >= 15 is 0 Å². The summed E-state index contributed by atoms with van der Waals surface area (Å²) in [6.07, 6.45) is 4.30. The van der Waals surface area contributed by atoms with Crippen LogP contribution < -0.4 is 5.32 Å². The molecule has 1 fully saturated rings. The lowest BCUT2D eigenvalue weighted by Crippen LogP contribution is -2.41. The molecule has 5 heteroatoms. The van der Waals surface area contributed by atoms with Crippen molar-refractivity contribution >= 4 is 11.8 Å². The molecule has 0 spiro atoms. The minimum Gasteiger partial charge on any atom is -0.356 e. The van der Waals surface area contributed by atoms with Gasteiger partial charge in [-0.2, -0.15) is 0 Å². The van der Waals surface area contributed by atoms with Crippen molar-refractivity contribution < 1.29 is 14.0 Å². The van der Waals surface area contributed by atoms with Crippen molar-refractivity contribution in [2.45, 2.75) is 39.0 Å². The quantitative estimate of drug-likeness (QED) is 0.875. The van der Waals surface area contributed by atoms with Crippen LogP contribution in [0.5, 0.6) is 0 Å². The van der Waals surface area contributed by atoms with Crippen LogP contribution in [0.25, 0.3) is 0 Å². The Balaban J connectivity index is 1.76. The number of nitrogens with one attached hydrogen (secondary N) is 1. The Kier molecular flexibility index (Phi) is 6.56. The summed E-state index contributed by atoms with van der Waals surface area (Å²) in [5.74, 6) is 0.274. The standard InChI is InChI=1S/C18H25FN2O2/c1-14(22)20-10-9-18(23)21-11-3-5-16(13-21)8-7-15-4-2-6-17(19)12-15/h2,4,6,12,16H,3,5,7-11,13H2,1H3,(H,20,22)/t16-/m0/s1. The number of halogens is 1. The van der Waals surface area contributed by atoms with Gasteiger partial charge in [-0.3, -0.25) is 9.59 Å². The second kappa shape index (κ2) is 8.65. The molecule has 1 saturated heterocycles. The lowest BCUT2D eigenvalue weighted by atomic mass is 9.91. The normalized spacial score (nSPS) is 17.8. The highest BCUT2D eigenvalue weighted by Gasteiger charge is 2.23. The molecule has 0 radical (unpaired) electrons. The van der Waals surface area contributed by atoms with E-state index in [1.165, 1.54) is 13.0 Å². The van der Waals surface area contributed by atoms with E-state index in [2.05, 4.69) is 5.32 Å². The van der Waals surface area contributed by atoms with Crippen LogP contribution in [0.3, 0.4) is 0 Å². The fraction of sp³-hybridized carbons (Fsp3) is 0.556. The molecule has 0 aliphatic carbocycles. The highest BCUT2D eigenvalue weighted by atomic mass is 19.1. The number of amides is 2. The maximum Gasteiger partial charge on any atom is 0.224 e. The third-order valence-electron chi connectivity index (χ3n) is 4.31. The van der Waals surface area contributed by atoms with E-state index in [0.717, 1.165) is 44.3 Å². The van der Waals surface area contributed by atoms with E-state index in [9.17, 15) is 14.0 Å². The fourth-order valence-electron chi connectivity index (χ4n) is 3.09. The molecule has 23 heavy (non-hydrogen) atoms. The van der Waals surface area contributed by atoms with Gasteiger partial charge in [-0.05, 0) is 49.3 Å². The number of nitrogens with zero attached hydrogens (tertiary/aromatic N) is 1. The molecule has 0 aromatic heterocycles. The molecule has 1 aliphatic rings. The van der Waals surface area contributed by atoms with Crippen LogP contribution in [0.1, 0.15) is 38.2 Å². The zero-order valence-electron chi connectivity index (χ0n) is 13.7. The first-order valence-electron chi connectivity index (χ1n) is 8.31. The van der Waals surface area contributed by atoms with Crippen LogP contribution in [0.15, 0.2) is 24.3 Å². The first-order valence-corrected chi connectivity index (χ1v) is 8.31. The van der Waals surface area contributed by atoms with E-state index in [1.807, 2.05) is 11.0 Å². The molecule has 0 bridgehead atoms. The Morgan fingerprint density at radius 1 is 1.39 bits per heavy atom. The summed E-state index contributed by atoms with van der Waals surface area (Å²) in [4.78, 5) is 24.9. The van der Waals surface area contributed by atoms with Crippen LogP contribution in [-0.4, -0.2) is 36.3 Å². The number of aryl methyl sites for hydroxylation is 1. The van der Waals surface area contributed by atoms with E-state index < -0.39 is 0 Å². The summed E-state index contributed by atoms with van der Waals surface area (Å²) >= 11 is 0. The van der Waals surface area contributed by atoms with Gasteiger partial charge in [0, 0.05) is 33.0 Å². The third-order valence-corrected chi connectivity index (χ3v) is 4.31. The largest absolute Gasteiger partial charge is 0.356 e. The lowest BCUT2D eigenvalue weighted by Gasteiger charge is -2.33. The summed E-state index contributed by atoms with van der Waals surface area (Å²) < 4.78 is 13.2. The SMILES string of the molecule is CC(=O)NCCC(=O)N1CCC[C@@H](CCc2cccc(F)c2)C1. The van der Waals surface area contributed by atoms with Crippen molar-refractivity contribution in [1.29, 1.82) is 0 Å². The fourth-order valence-corrected chi connectivity index (χ4v) is 3.09. The first kappa shape index (κ1) is 17.4. The molecule has 1 aromatic carbocycles. The Morgan fingerprint density at radius 3 is 2.96 bits per heavy atom. The molecule has 0 saturated carbocycles. The monoisotopic (exact) mass is 320 g/mol. The highest BCUT2D eigenvalue weighted by molar-refractivity contribution is 5.78. The summed E-state index contributed by atoms with van der Waals surface area (Å²) in [5, 5.41) is 2.66. The van der Waals surface area contributed by atoms with E-state index in [1.54, 1.807) is 12.1 Å². The number of piperidine rings is 1. The maximum atomic E-state index is 13.2. The molecule has 2 rings (SSSR count). The molecule has 1 N–H and O–H groups in total. The molecule has 126 valence electrons. The topological polar surface area (TPSA) is 49.4 Å². The van der Waals surface area contributed by atoms with Gasteiger partial charge >= 0.3 is 0 Å². The zero-order chi connectivity index (χ0) is 16.7. The Hall–Kier alpha value is -1.91. The Labute approximate surface area is 137 Å². The molecule has 2 amide bonds. The van der Waals surface area contributed by atoms with Crippen LogP contribution in [0.2, 0.25) is 0 Å². The maximum absolute atomic E-state index is 13.2. The summed E-state index contributed by atoms with van der Waals surface area (Å²) in [7, 11) is 0. The number of hydrogen-bond donors (Lipinski definition) is 1. The number of carbonyl (C=O) groups is 2. The van der Waals surface area contributed by atoms with Gasteiger partial charge in [0.2, 0.25) is 11.8 Å². The molecular weight excluding hydrogens is 295 g/mol. The number of likely N-dealkylation sites (tertiary alicyclic amines) is 1. The number of hydrogen-bond acceptors (Lipinski definition) is 2. The van der Waals surface area contributed by atoms with Gasteiger partial charge in [-0.1, -0.05) is 12.1 Å². The third kappa shape index (κ3) is 6.00. The van der Waals surface area contributed by atoms with Gasteiger partial charge in [-0.15, -0.1) is 0 Å². The van der Waals surface area contributed by atoms with Gasteiger partial charge in [0.15, 0.2) is 0 Å². The van der Waals surface area contributed by atoms with E-state index in [0.29, 0.717) is 18.9 Å². The van der Waals surface area contributed by atoms with Crippen LogP contribution >= 0.6 is 0 Å². The number of rotatable bonds is 6. The molecule has 1 aliphatic heterocycles. The molecule has 1 aromatic rings. The summed E-state index contributed by atoms with van der Waals surface area (Å²) in [6, 6.07) is 6.73. The van der Waals surface area contributed by atoms with Gasteiger partial charge in [0.05, 0.1) is 0 Å². The van der Waals surface area contributed by atoms with Gasteiger partial charge in [0.1, 0.15) is 5.82 Å². The number of benzene rings is 1. The van der Waals surface area contributed by atoms with Crippen molar-refractivity contribution in [2.75, 3.05) is 19.6 Å². The molecule has 1 atom stereocenters. The molecule has 4 nitrogen and oxygen atoms in total. The van der Waals surface area contributed by atoms with Crippen molar-refractivity contribution in [1.82, 2.24) is 10.2 Å². The van der Waals surface area contributed by atoms with Gasteiger partial charge < -0.3 is 10.2 Å². The van der Waals surface area contributed by atoms with Crippen LogP contribution in [0, 0.1) is 11.7 Å². The van der Waals surface area contributed by atoms with Crippen LogP contribution in [-0.2, 0) is 16.0 Å². The minimum absolute atomic E-state index is 0.106. The average Bonchev–Trinajstić information content (AvgIpc) is 2.53.